The number of hydrogen-bond acceptors (Lipinski definition) is 5. The van der Waals surface area contributed by atoms with E-state index in [4.69, 9.17) is 0 Å². The molecule has 8 heteroatoms. The number of nitrogens with zero attached hydrogens (tertiary/aromatic N) is 1. The molecule has 0 spiro atoms. The summed E-state index contributed by atoms with van der Waals surface area (Å²) in [6.07, 6.45) is 6.52. The maximum absolute atomic E-state index is 12.9. The van der Waals surface area contributed by atoms with Gasteiger partial charge < -0.3 is 20.9 Å². The summed E-state index contributed by atoms with van der Waals surface area (Å²) in [5.41, 5.74) is 0.710. The molecule has 1 unspecified atom stereocenters. The highest BCUT2D eigenvalue weighted by molar-refractivity contribution is 5.92. The second kappa shape index (κ2) is 11.6. The van der Waals surface area contributed by atoms with Crippen molar-refractivity contribution in [3.8, 4) is 0 Å². The van der Waals surface area contributed by atoms with Crippen LogP contribution in [-0.4, -0.2) is 60.1 Å². The molecule has 2 heterocycles. The van der Waals surface area contributed by atoms with E-state index in [1.54, 1.807) is 0 Å². The third-order valence-electron chi connectivity index (χ3n) is 5.60. The molecule has 8 nitrogen and oxygen atoms in total. The first-order valence-electron chi connectivity index (χ1n) is 10.7. The van der Waals surface area contributed by atoms with Crippen molar-refractivity contribution in [2.24, 2.45) is 0 Å². The fourth-order valence-corrected chi connectivity index (χ4v) is 3.80. The van der Waals surface area contributed by atoms with Gasteiger partial charge in [-0.15, -0.1) is 0 Å². The highest BCUT2D eigenvalue weighted by Crippen LogP contribution is 2.21. The normalized spacial score (nSPS) is 23.8. The molecule has 2 aliphatic heterocycles. The lowest BCUT2D eigenvalue weighted by Crippen LogP contribution is -2.56. The van der Waals surface area contributed by atoms with Crippen LogP contribution in [0.2, 0.25) is 0 Å². The first-order chi connectivity index (χ1) is 13.9. The van der Waals surface area contributed by atoms with Gasteiger partial charge in [-0.05, 0) is 32.1 Å². The minimum absolute atomic E-state index is 0.132. The second-order valence-electron chi connectivity index (χ2n) is 7.82. The zero-order chi connectivity index (χ0) is 21.2. The molecule has 0 bridgehead atoms. The van der Waals surface area contributed by atoms with E-state index < -0.39 is 6.04 Å². The molecule has 2 fully saturated rings. The lowest BCUT2D eigenvalue weighted by molar-refractivity contribution is -0.133. The summed E-state index contributed by atoms with van der Waals surface area (Å²) >= 11 is 0. The predicted octanol–water partition coefficient (Wildman–Crippen LogP) is 1.01. The number of rotatable bonds is 7. The van der Waals surface area contributed by atoms with Crippen molar-refractivity contribution in [2.75, 3.05) is 19.6 Å². The molecule has 2 saturated heterocycles. The van der Waals surface area contributed by atoms with Crippen LogP contribution in [0.15, 0.2) is 12.3 Å². The van der Waals surface area contributed by atoms with Crippen molar-refractivity contribution in [1.82, 2.24) is 20.9 Å². The maximum atomic E-state index is 12.9. The van der Waals surface area contributed by atoms with Gasteiger partial charge in [0.15, 0.2) is 0 Å². The summed E-state index contributed by atoms with van der Waals surface area (Å²) < 4.78 is 0. The Labute approximate surface area is 172 Å². The quantitative estimate of drug-likeness (QED) is 0.547. The number of fused-ring (bicyclic) bond motifs is 1. The Balaban J connectivity index is 2.01. The second-order valence-corrected chi connectivity index (χ2v) is 7.82. The number of piperidine rings is 1. The van der Waals surface area contributed by atoms with Crippen LogP contribution in [0.25, 0.3) is 0 Å². The van der Waals surface area contributed by atoms with Crippen LogP contribution >= 0.6 is 0 Å². The van der Waals surface area contributed by atoms with Crippen molar-refractivity contribution >= 4 is 23.5 Å². The first-order valence-corrected chi connectivity index (χ1v) is 10.7. The highest BCUT2D eigenvalue weighted by Gasteiger charge is 2.32. The van der Waals surface area contributed by atoms with Gasteiger partial charge in [-0.25, -0.2) is 0 Å². The lowest BCUT2D eigenvalue weighted by atomic mass is 9.99. The van der Waals surface area contributed by atoms with Crippen LogP contribution in [0.3, 0.4) is 0 Å². The van der Waals surface area contributed by atoms with E-state index in [1.807, 2.05) is 11.8 Å². The Morgan fingerprint density at radius 2 is 1.86 bits per heavy atom. The maximum Gasteiger partial charge on any atom is 0.243 e. The smallest absolute Gasteiger partial charge is 0.243 e. The van der Waals surface area contributed by atoms with E-state index in [2.05, 4.69) is 22.5 Å². The standard InChI is InChI=1S/C21H34N4O4/c1-3-16(26)9-5-4-6-10-17-20(28)23-14-19(27)22-13-15(2)25-12-8-7-11-18(25)21(29)24-17/h17-18H,2-14H2,1H3,(H,22,27)(H,23,28)(H,24,29)/t17-,18?/m0/s1. The van der Waals surface area contributed by atoms with E-state index in [0.29, 0.717) is 31.4 Å². The fourth-order valence-electron chi connectivity index (χ4n) is 3.80. The van der Waals surface area contributed by atoms with Crippen LogP contribution in [0.5, 0.6) is 0 Å². The minimum atomic E-state index is -0.686. The molecular weight excluding hydrogens is 372 g/mol. The molecule has 2 aliphatic rings. The van der Waals surface area contributed by atoms with Gasteiger partial charge in [-0.3, -0.25) is 19.2 Å². The predicted molar refractivity (Wildman–Crippen MR) is 110 cm³/mol. The van der Waals surface area contributed by atoms with Gasteiger partial charge in [-0.1, -0.05) is 26.3 Å². The zero-order valence-electron chi connectivity index (χ0n) is 17.4. The summed E-state index contributed by atoms with van der Waals surface area (Å²) in [6.45, 7) is 6.74. The average Bonchev–Trinajstić information content (AvgIpc) is 2.73. The number of ketones is 1. The molecular formula is C21H34N4O4. The average molecular weight is 407 g/mol. The lowest BCUT2D eigenvalue weighted by Gasteiger charge is -2.38. The molecule has 2 atom stereocenters. The Bertz CT molecular complexity index is 634. The Morgan fingerprint density at radius 3 is 2.62 bits per heavy atom. The fraction of sp³-hybridized carbons (Fsp3) is 0.714. The molecule has 0 saturated carbocycles. The van der Waals surface area contributed by atoms with Crippen LogP contribution < -0.4 is 16.0 Å². The molecule has 162 valence electrons. The Morgan fingerprint density at radius 1 is 1.07 bits per heavy atom. The summed E-state index contributed by atoms with van der Waals surface area (Å²) in [7, 11) is 0. The molecule has 2 rings (SSSR count). The molecule has 0 radical (unpaired) electrons. The summed E-state index contributed by atoms with van der Waals surface area (Å²) in [6, 6.07) is -1.06. The molecule has 3 amide bonds. The third-order valence-corrected chi connectivity index (χ3v) is 5.60. The molecule has 0 aliphatic carbocycles. The van der Waals surface area contributed by atoms with Gasteiger partial charge in [0.1, 0.15) is 17.9 Å². The van der Waals surface area contributed by atoms with Gasteiger partial charge in [-0.2, -0.15) is 0 Å². The number of hydrogen-bond donors (Lipinski definition) is 3. The number of Topliss-reactive ketones (excluding diaryl/α,β-unsaturated/α-hetero) is 1. The monoisotopic (exact) mass is 406 g/mol. The Kier molecular flexibility index (Phi) is 9.15. The van der Waals surface area contributed by atoms with Crippen LogP contribution in [0.4, 0.5) is 0 Å². The largest absolute Gasteiger partial charge is 0.362 e. The Hall–Kier alpha value is -2.38. The molecule has 29 heavy (non-hydrogen) atoms. The van der Waals surface area contributed by atoms with E-state index in [9.17, 15) is 19.2 Å². The van der Waals surface area contributed by atoms with Crippen molar-refractivity contribution < 1.29 is 19.2 Å². The number of amides is 3. The summed E-state index contributed by atoms with van der Waals surface area (Å²) in [5.74, 6) is -0.554. The van der Waals surface area contributed by atoms with Crippen molar-refractivity contribution in [3.63, 3.8) is 0 Å². The van der Waals surface area contributed by atoms with Crippen molar-refractivity contribution in [2.45, 2.75) is 76.8 Å². The minimum Gasteiger partial charge on any atom is -0.362 e. The molecule has 0 aromatic carbocycles. The number of nitrogens with one attached hydrogen (secondary N) is 3. The summed E-state index contributed by atoms with van der Waals surface area (Å²) in [5, 5.41) is 8.26. The van der Waals surface area contributed by atoms with Gasteiger partial charge in [0.2, 0.25) is 17.7 Å². The third kappa shape index (κ3) is 7.18. The van der Waals surface area contributed by atoms with E-state index in [-0.39, 0.29) is 42.6 Å². The van der Waals surface area contributed by atoms with Crippen LogP contribution in [-0.2, 0) is 19.2 Å². The van der Waals surface area contributed by atoms with Gasteiger partial charge >= 0.3 is 0 Å². The number of unbranched alkanes of at least 4 members (excludes halogenated alkanes) is 2. The molecule has 0 aromatic heterocycles. The van der Waals surface area contributed by atoms with Crippen LogP contribution in [0, 0.1) is 0 Å². The molecule has 0 aromatic rings. The zero-order valence-corrected chi connectivity index (χ0v) is 17.4. The van der Waals surface area contributed by atoms with E-state index in [0.717, 1.165) is 38.6 Å². The van der Waals surface area contributed by atoms with Gasteiger partial charge in [0, 0.05) is 25.1 Å². The van der Waals surface area contributed by atoms with Crippen molar-refractivity contribution in [1.29, 1.82) is 0 Å². The SMILES string of the molecule is C=C1CNC(=O)CNC(=O)[C@H](CCCCCC(=O)CC)NC(=O)C2CCCCN12. The molecule has 3 N–H and O–H groups in total. The first kappa shape index (κ1) is 22.9. The summed E-state index contributed by atoms with van der Waals surface area (Å²) in [4.78, 5) is 50.9. The number of carbonyl (C=O) groups excluding carboxylic acids is 4. The van der Waals surface area contributed by atoms with E-state index >= 15 is 0 Å². The highest BCUT2D eigenvalue weighted by atomic mass is 16.2. The van der Waals surface area contributed by atoms with E-state index in [1.165, 1.54) is 0 Å². The number of carbonyl (C=O) groups is 4. The van der Waals surface area contributed by atoms with Gasteiger partial charge in [0.25, 0.3) is 0 Å². The van der Waals surface area contributed by atoms with Gasteiger partial charge in [0.05, 0.1) is 13.1 Å². The topological polar surface area (TPSA) is 108 Å². The van der Waals surface area contributed by atoms with Crippen molar-refractivity contribution in [3.05, 3.63) is 12.3 Å². The van der Waals surface area contributed by atoms with Crippen LogP contribution in [0.1, 0.15) is 64.7 Å².